The number of aromatic nitrogens is 1. The summed E-state index contributed by atoms with van der Waals surface area (Å²) in [6, 6.07) is 0. The predicted molar refractivity (Wildman–Crippen MR) is 99.9 cm³/mol. The summed E-state index contributed by atoms with van der Waals surface area (Å²) in [5.41, 5.74) is 0.754. The highest BCUT2D eigenvalue weighted by Gasteiger charge is 2.24. The van der Waals surface area contributed by atoms with Crippen LogP contribution in [0.5, 0.6) is 0 Å². The zero-order valence-electron chi connectivity index (χ0n) is 14.8. The fourth-order valence-electron chi connectivity index (χ4n) is 3.47. The molecule has 25 heavy (non-hydrogen) atoms. The van der Waals surface area contributed by atoms with Crippen LogP contribution in [-0.2, 0) is 16.0 Å². The molecule has 0 unspecified atom stereocenters. The lowest BCUT2D eigenvalue weighted by molar-refractivity contribution is -0.120. The second-order valence-electron chi connectivity index (χ2n) is 6.91. The van der Waals surface area contributed by atoms with Crippen LogP contribution in [0.15, 0.2) is 5.38 Å². The molecular weight excluding hydrogens is 336 g/mol. The summed E-state index contributed by atoms with van der Waals surface area (Å²) in [6.07, 6.45) is 8.10. The monoisotopic (exact) mass is 364 g/mol. The van der Waals surface area contributed by atoms with E-state index >= 15 is 0 Å². The number of thiazole rings is 1. The molecule has 2 saturated heterocycles. The van der Waals surface area contributed by atoms with E-state index in [1.807, 2.05) is 5.38 Å². The Morgan fingerprint density at radius 1 is 1.16 bits per heavy atom. The Balaban J connectivity index is 1.35. The van der Waals surface area contributed by atoms with E-state index in [9.17, 15) is 9.59 Å². The first kappa shape index (κ1) is 18.3. The first-order valence-electron chi connectivity index (χ1n) is 9.46. The van der Waals surface area contributed by atoms with E-state index < -0.39 is 0 Å². The van der Waals surface area contributed by atoms with Gasteiger partial charge in [-0.25, -0.2) is 4.98 Å². The first-order valence-corrected chi connectivity index (χ1v) is 10.3. The molecule has 1 aromatic rings. The third kappa shape index (κ3) is 5.51. The molecule has 3 rings (SSSR count). The Labute approximate surface area is 153 Å². The topological polar surface area (TPSA) is 65.5 Å². The summed E-state index contributed by atoms with van der Waals surface area (Å²) in [6.45, 7) is 4.93. The van der Waals surface area contributed by atoms with Crippen LogP contribution in [0, 0.1) is 0 Å². The summed E-state index contributed by atoms with van der Waals surface area (Å²) in [4.78, 5) is 32.5. The van der Waals surface area contributed by atoms with Crippen LogP contribution in [0.4, 0.5) is 5.13 Å². The van der Waals surface area contributed by atoms with Crippen molar-refractivity contribution >= 4 is 28.3 Å². The van der Waals surface area contributed by atoms with Crippen LogP contribution >= 0.6 is 11.3 Å². The Morgan fingerprint density at radius 2 is 1.96 bits per heavy atom. The van der Waals surface area contributed by atoms with Crippen molar-refractivity contribution in [3.8, 4) is 0 Å². The normalized spacial score (nSPS) is 19.2. The van der Waals surface area contributed by atoms with Crippen molar-refractivity contribution in [2.24, 2.45) is 0 Å². The molecule has 0 bridgehead atoms. The number of anilines is 1. The summed E-state index contributed by atoms with van der Waals surface area (Å²) in [7, 11) is 0. The average Bonchev–Trinajstić information content (AvgIpc) is 3.13. The van der Waals surface area contributed by atoms with Crippen LogP contribution in [0.25, 0.3) is 0 Å². The van der Waals surface area contributed by atoms with E-state index in [1.54, 1.807) is 4.90 Å². The number of hydrogen-bond donors (Lipinski definition) is 1. The number of likely N-dealkylation sites (tertiary alicyclic amines) is 1. The quantitative estimate of drug-likeness (QED) is 0.753. The van der Waals surface area contributed by atoms with E-state index in [0.29, 0.717) is 12.8 Å². The third-order valence-electron chi connectivity index (χ3n) is 4.86. The highest BCUT2D eigenvalue weighted by molar-refractivity contribution is 7.14. The number of rotatable bonds is 7. The van der Waals surface area contributed by atoms with Crippen LogP contribution < -0.4 is 10.2 Å². The van der Waals surface area contributed by atoms with Gasteiger partial charge in [-0.1, -0.05) is 12.8 Å². The highest BCUT2D eigenvalue weighted by Crippen LogP contribution is 2.25. The number of nitrogens with one attached hydrogen (secondary N) is 1. The van der Waals surface area contributed by atoms with Gasteiger partial charge in [0.15, 0.2) is 5.13 Å². The van der Waals surface area contributed by atoms with Gasteiger partial charge in [0.1, 0.15) is 0 Å². The minimum atomic E-state index is 0.0143. The highest BCUT2D eigenvalue weighted by atomic mass is 32.1. The second kappa shape index (κ2) is 9.29. The van der Waals surface area contributed by atoms with Gasteiger partial charge in [0.2, 0.25) is 11.8 Å². The molecule has 0 saturated carbocycles. The van der Waals surface area contributed by atoms with E-state index in [0.717, 1.165) is 43.3 Å². The van der Waals surface area contributed by atoms with Gasteiger partial charge in [-0.2, -0.15) is 0 Å². The molecule has 0 spiro atoms. The average molecular weight is 365 g/mol. The fraction of sp³-hybridized carbons (Fsp3) is 0.722. The Bertz CT molecular complexity index is 581. The number of amides is 2. The van der Waals surface area contributed by atoms with E-state index in [-0.39, 0.29) is 11.8 Å². The third-order valence-corrected chi connectivity index (χ3v) is 5.77. The van der Waals surface area contributed by atoms with Crippen molar-refractivity contribution in [3.05, 3.63) is 11.1 Å². The molecular formula is C18H28N4O2S. The maximum absolute atomic E-state index is 12.1. The zero-order valence-corrected chi connectivity index (χ0v) is 15.7. The van der Waals surface area contributed by atoms with Gasteiger partial charge in [0.25, 0.3) is 0 Å². The summed E-state index contributed by atoms with van der Waals surface area (Å²) < 4.78 is 0. The Hall–Kier alpha value is -1.47. The molecule has 1 N–H and O–H groups in total. The molecule has 3 heterocycles. The molecule has 6 nitrogen and oxygen atoms in total. The van der Waals surface area contributed by atoms with Crippen molar-refractivity contribution in [2.75, 3.05) is 37.6 Å². The van der Waals surface area contributed by atoms with Gasteiger partial charge >= 0.3 is 0 Å². The van der Waals surface area contributed by atoms with Crippen molar-refractivity contribution in [1.29, 1.82) is 0 Å². The maximum Gasteiger partial charge on any atom is 0.228 e. The van der Waals surface area contributed by atoms with Gasteiger partial charge in [-0.3, -0.25) is 14.5 Å². The first-order chi connectivity index (χ1) is 12.2. The van der Waals surface area contributed by atoms with Gasteiger partial charge in [-0.05, 0) is 45.3 Å². The number of carbonyl (C=O) groups excluding carboxylic acids is 2. The van der Waals surface area contributed by atoms with Gasteiger partial charge < -0.3 is 10.2 Å². The summed E-state index contributed by atoms with van der Waals surface area (Å²) >= 11 is 1.45. The van der Waals surface area contributed by atoms with Crippen molar-refractivity contribution in [1.82, 2.24) is 15.2 Å². The summed E-state index contributed by atoms with van der Waals surface area (Å²) in [5.74, 6) is 0.152. The lowest BCUT2D eigenvalue weighted by Gasteiger charge is -2.19. The van der Waals surface area contributed by atoms with Gasteiger partial charge in [0.05, 0.1) is 12.1 Å². The minimum Gasteiger partial charge on any atom is -0.356 e. The smallest absolute Gasteiger partial charge is 0.228 e. The van der Waals surface area contributed by atoms with Crippen LogP contribution in [0.1, 0.15) is 50.6 Å². The summed E-state index contributed by atoms with van der Waals surface area (Å²) in [5, 5.41) is 5.61. The molecule has 1 aromatic heterocycles. The SMILES string of the molecule is O=C(Cc1csc(N2CCCC2=O)n1)NCCCN1CCCCCC1. The van der Waals surface area contributed by atoms with Gasteiger partial charge in [-0.15, -0.1) is 11.3 Å². The van der Waals surface area contributed by atoms with E-state index in [2.05, 4.69) is 15.2 Å². The molecule has 2 aliphatic rings. The molecule has 138 valence electrons. The Kier molecular flexibility index (Phi) is 6.81. The molecule has 2 aliphatic heterocycles. The Morgan fingerprint density at radius 3 is 2.68 bits per heavy atom. The predicted octanol–water partition coefficient (Wildman–Crippen LogP) is 2.19. The van der Waals surface area contributed by atoms with E-state index in [4.69, 9.17) is 0 Å². The van der Waals surface area contributed by atoms with Crippen LogP contribution in [-0.4, -0.2) is 54.4 Å². The lowest BCUT2D eigenvalue weighted by Crippen LogP contribution is -2.31. The van der Waals surface area contributed by atoms with Crippen LogP contribution in [0.2, 0.25) is 0 Å². The number of carbonyl (C=O) groups is 2. The fourth-order valence-corrected chi connectivity index (χ4v) is 4.34. The van der Waals surface area contributed by atoms with E-state index in [1.165, 1.54) is 50.1 Å². The minimum absolute atomic E-state index is 0.0143. The molecule has 0 radical (unpaired) electrons. The molecule has 2 amide bonds. The molecule has 0 atom stereocenters. The van der Waals surface area contributed by atoms with Crippen molar-refractivity contribution < 1.29 is 9.59 Å². The maximum atomic E-state index is 12.1. The lowest BCUT2D eigenvalue weighted by atomic mass is 10.2. The number of hydrogen-bond acceptors (Lipinski definition) is 5. The van der Waals surface area contributed by atoms with Crippen LogP contribution in [0.3, 0.4) is 0 Å². The molecule has 2 fully saturated rings. The van der Waals surface area contributed by atoms with Crippen molar-refractivity contribution in [2.45, 2.75) is 51.4 Å². The largest absolute Gasteiger partial charge is 0.356 e. The number of nitrogens with zero attached hydrogens (tertiary/aromatic N) is 3. The standard InChI is InChI=1S/C18H28N4O2S/c23-16(19-8-6-11-21-9-3-1-2-4-10-21)13-15-14-25-18(20-15)22-12-5-7-17(22)24/h14H,1-13H2,(H,19,23). The van der Waals surface area contributed by atoms with Gasteiger partial charge in [0, 0.05) is 24.9 Å². The van der Waals surface area contributed by atoms with Crippen molar-refractivity contribution in [3.63, 3.8) is 0 Å². The molecule has 7 heteroatoms. The molecule has 0 aliphatic carbocycles. The zero-order chi connectivity index (χ0) is 17.5. The molecule has 0 aromatic carbocycles. The second-order valence-corrected chi connectivity index (χ2v) is 7.74.